The predicted octanol–water partition coefficient (Wildman–Crippen LogP) is 6.31. The van der Waals surface area contributed by atoms with Gasteiger partial charge in [0.25, 0.3) is 0 Å². The summed E-state index contributed by atoms with van der Waals surface area (Å²) >= 11 is 0. The lowest BCUT2D eigenvalue weighted by Gasteiger charge is -2.36. The van der Waals surface area contributed by atoms with E-state index in [2.05, 4.69) is 63.2 Å². The minimum atomic E-state index is -2.02. The summed E-state index contributed by atoms with van der Waals surface area (Å²) in [4.78, 5) is 16.9. The molecule has 9 nitrogen and oxygen atoms in total. The van der Waals surface area contributed by atoms with Gasteiger partial charge in [-0.2, -0.15) is 10.4 Å². The van der Waals surface area contributed by atoms with Crippen molar-refractivity contribution in [2.24, 2.45) is 11.8 Å². The number of aromatic nitrogens is 3. The van der Waals surface area contributed by atoms with Crippen molar-refractivity contribution in [2.45, 2.75) is 84.3 Å². The maximum atomic E-state index is 12.5. The molecule has 1 saturated carbocycles. The molecule has 3 N–H and O–H groups in total. The van der Waals surface area contributed by atoms with Crippen LogP contribution in [0.1, 0.15) is 64.1 Å². The van der Waals surface area contributed by atoms with E-state index >= 15 is 0 Å². The SMILES string of the molecule is Cc1c(-c2cc(N)c3cnc(NC(=O)[C@H]4C[C@@H]4C#N)cc3c2)c(CO[Si](C)(C)C(C)(C)C)nn1C1CCCCO1. The van der Waals surface area contributed by atoms with E-state index in [1.807, 2.05) is 16.8 Å². The molecule has 1 aliphatic heterocycles. The highest BCUT2D eigenvalue weighted by molar-refractivity contribution is 6.74. The maximum absolute atomic E-state index is 12.5. The molecule has 1 aliphatic carbocycles. The Balaban J connectivity index is 1.53. The van der Waals surface area contributed by atoms with E-state index in [1.54, 1.807) is 6.20 Å². The normalized spacial score (nSPS) is 21.3. The number of nitrogens with two attached hydrogens (primary N) is 1. The number of carbonyl (C=O) groups excluding carboxylic acids is 1. The van der Waals surface area contributed by atoms with Gasteiger partial charge < -0.3 is 20.2 Å². The zero-order chi connectivity index (χ0) is 28.8. The van der Waals surface area contributed by atoms with E-state index < -0.39 is 8.32 Å². The van der Waals surface area contributed by atoms with Crippen molar-refractivity contribution < 1.29 is 14.0 Å². The minimum Gasteiger partial charge on any atom is -0.411 e. The number of carbonyl (C=O) groups is 1. The summed E-state index contributed by atoms with van der Waals surface area (Å²) in [7, 11) is -2.02. The average Bonchev–Trinajstić information content (AvgIpc) is 3.63. The van der Waals surface area contributed by atoms with E-state index in [1.165, 1.54) is 0 Å². The first-order valence-corrected chi connectivity index (χ1v) is 17.0. The van der Waals surface area contributed by atoms with Gasteiger partial charge in [-0.25, -0.2) is 9.67 Å². The Morgan fingerprint density at radius 3 is 2.73 bits per heavy atom. The number of benzene rings is 1. The van der Waals surface area contributed by atoms with Crippen molar-refractivity contribution >= 4 is 36.5 Å². The smallest absolute Gasteiger partial charge is 0.230 e. The third-order valence-corrected chi connectivity index (χ3v) is 13.2. The number of hydrogen-bond acceptors (Lipinski definition) is 7. The van der Waals surface area contributed by atoms with Crippen LogP contribution in [0.15, 0.2) is 24.4 Å². The summed E-state index contributed by atoms with van der Waals surface area (Å²) in [6.45, 7) is 14.4. The Morgan fingerprint density at radius 1 is 1.30 bits per heavy atom. The Hall–Kier alpha value is -3.26. The molecule has 0 spiro atoms. The van der Waals surface area contributed by atoms with E-state index in [0.717, 1.165) is 59.2 Å². The molecule has 10 heteroatoms. The summed E-state index contributed by atoms with van der Waals surface area (Å²) < 4.78 is 14.8. The van der Waals surface area contributed by atoms with Gasteiger partial charge in [0.2, 0.25) is 5.91 Å². The number of nitrogens with zero attached hydrogens (tertiary/aromatic N) is 4. The zero-order valence-corrected chi connectivity index (χ0v) is 25.4. The molecule has 40 heavy (non-hydrogen) atoms. The summed E-state index contributed by atoms with van der Waals surface area (Å²) in [5, 5.41) is 18.7. The Morgan fingerprint density at radius 2 is 2.08 bits per heavy atom. The summed E-state index contributed by atoms with van der Waals surface area (Å²) in [6, 6.07) is 8.04. The quantitative estimate of drug-likeness (QED) is 0.256. The first kappa shape index (κ1) is 28.3. The summed E-state index contributed by atoms with van der Waals surface area (Å²) in [5.74, 6) is -0.195. The zero-order valence-electron chi connectivity index (χ0n) is 24.4. The van der Waals surface area contributed by atoms with Crippen LogP contribution in [0.5, 0.6) is 0 Å². The van der Waals surface area contributed by atoms with Crippen LogP contribution in [0, 0.1) is 30.1 Å². The van der Waals surface area contributed by atoms with E-state index in [4.69, 9.17) is 25.3 Å². The van der Waals surface area contributed by atoms with Gasteiger partial charge in [0.05, 0.1) is 30.2 Å². The standard InChI is InChI=1S/C30H40N6O3Si/c1-18-28(25(17-39-40(5,6)30(2,3)4)35-36(18)27-9-7-8-10-38-27)20-11-19-14-26(33-16-23(19)24(32)13-20)34-29(37)22-12-21(22)15-31/h11,13-14,16,21-22,27H,7-10,12,17,32H2,1-6H3,(H,33,34,37)/t21-,22+,27?/m1/s1. The van der Waals surface area contributed by atoms with Gasteiger partial charge in [0.15, 0.2) is 8.32 Å². The second-order valence-corrected chi connectivity index (χ2v) is 17.5. The third kappa shape index (κ3) is 5.51. The fourth-order valence-corrected chi connectivity index (χ4v) is 5.99. The number of amides is 1. The average molecular weight is 561 g/mol. The number of nitrogen functional groups attached to an aromatic ring is 1. The van der Waals surface area contributed by atoms with Crippen molar-refractivity contribution in [3.8, 4) is 17.2 Å². The highest BCUT2D eigenvalue weighted by atomic mass is 28.4. The van der Waals surface area contributed by atoms with Gasteiger partial charge >= 0.3 is 0 Å². The molecule has 3 heterocycles. The molecule has 1 saturated heterocycles. The van der Waals surface area contributed by atoms with Crippen LogP contribution in [-0.2, 0) is 20.6 Å². The largest absolute Gasteiger partial charge is 0.411 e. The number of fused-ring (bicyclic) bond motifs is 1. The predicted molar refractivity (Wildman–Crippen MR) is 159 cm³/mol. The lowest BCUT2D eigenvalue weighted by molar-refractivity contribution is -0.117. The van der Waals surface area contributed by atoms with Crippen molar-refractivity contribution in [1.29, 1.82) is 5.26 Å². The summed E-state index contributed by atoms with van der Waals surface area (Å²) in [5.41, 5.74) is 11.0. The lowest BCUT2D eigenvalue weighted by Crippen LogP contribution is -2.40. The van der Waals surface area contributed by atoms with Gasteiger partial charge in [0.1, 0.15) is 12.0 Å². The van der Waals surface area contributed by atoms with Gasteiger partial charge in [-0.05, 0) is 79.9 Å². The first-order valence-electron chi connectivity index (χ1n) is 14.1. The van der Waals surface area contributed by atoms with Crippen LogP contribution in [0.4, 0.5) is 11.5 Å². The molecule has 0 bridgehead atoms. The van der Waals surface area contributed by atoms with Crippen LogP contribution in [0.25, 0.3) is 21.9 Å². The van der Waals surface area contributed by atoms with Crippen molar-refractivity contribution in [3.05, 3.63) is 35.8 Å². The summed E-state index contributed by atoms with van der Waals surface area (Å²) in [6.07, 6.45) is 5.28. The number of nitrogens with one attached hydrogen (secondary N) is 1. The molecular formula is C30H40N6O3Si. The molecule has 2 aromatic heterocycles. The number of nitriles is 1. The molecule has 1 aromatic carbocycles. The molecule has 3 aromatic rings. The van der Waals surface area contributed by atoms with E-state index in [0.29, 0.717) is 24.5 Å². The van der Waals surface area contributed by atoms with Gasteiger partial charge in [-0.15, -0.1) is 0 Å². The molecule has 1 unspecified atom stereocenters. The van der Waals surface area contributed by atoms with Gasteiger partial charge in [-0.3, -0.25) is 4.79 Å². The topological polar surface area (TPSA) is 128 Å². The number of pyridine rings is 1. The molecule has 5 rings (SSSR count). The number of rotatable bonds is 7. The second kappa shape index (κ2) is 10.6. The molecule has 1 amide bonds. The fraction of sp³-hybridized carbons (Fsp3) is 0.533. The molecule has 2 fully saturated rings. The molecule has 212 valence electrons. The molecule has 2 aliphatic rings. The van der Waals surface area contributed by atoms with Crippen molar-refractivity contribution in [3.63, 3.8) is 0 Å². The Bertz CT molecular complexity index is 1480. The van der Waals surface area contributed by atoms with Gasteiger partial charge in [-0.1, -0.05) is 20.8 Å². The van der Waals surface area contributed by atoms with Crippen LogP contribution in [-0.4, -0.2) is 35.6 Å². The van der Waals surface area contributed by atoms with Crippen LogP contribution in [0.3, 0.4) is 0 Å². The molecule has 3 atom stereocenters. The van der Waals surface area contributed by atoms with Crippen molar-refractivity contribution in [2.75, 3.05) is 17.7 Å². The highest BCUT2D eigenvalue weighted by Crippen LogP contribution is 2.41. The number of anilines is 2. The highest BCUT2D eigenvalue weighted by Gasteiger charge is 2.43. The molecule has 0 radical (unpaired) electrons. The Kier molecular flexibility index (Phi) is 7.50. The van der Waals surface area contributed by atoms with Gasteiger partial charge in [0, 0.05) is 35.1 Å². The third-order valence-electron chi connectivity index (χ3n) is 8.73. The van der Waals surface area contributed by atoms with Crippen LogP contribution in [0.2, 0.25) is 18.1 Å². The van der Waals surface area contributed by atoms with Crippen LogP contribution >= 0.6 is 0 Å². The van der Waals surface area contributed by atoms with Crippen molar-refractivity contribution in [1.82, 2.24) is 14.8 Å². The Labute approximate surface area is 237 Å². The van der Waals surface area contributed by atoms with Crippen LogP contribution < -0.4 is 11.1 Å². The maximum Gasteiger partial charge on any atom is 0.230 e. The fourth-order valence-electron chi connectivity index (χ4n) is 5.06. The number of ether oxygens (including phenoxy) is 1. The van der Waals surface area contributed by atoms with E-state index in [-0.39, 0.29) is 29.0 Å². The second-order valence-electron chi connectivity index (χ2n) is 12.6. The van der Waals surface area contributed by atoms with E-state index in [9.17, 15) is 4.79 Å². The minimum absolute atomic E-state index is 0.0756. The number of hydrogen-bond donors (Lipinski definition) is 2. The molecular weight excluding hydrogens is 520 g/mol. The lowest BCUT2D eigenvalue weighted by atomic mass is 9.99. The monoisotopic (exact) mass is 560 g/mol. The first-order chi connectivity index (χ1) is 18.9.